The van der Waals surface area contributed by atoms with E-state index in [0.717, 1.165) is 12.8 Å². The number of nitrogens with one attached hydrogen (secondary N) is 2. The number of hydrogen-bond donors (Lipinski definition) is 7. The van der Waals surface area contributed by atoms with Crippen LogP contribution in [-0.4, -0.2) is 56.0 Å². The van der Waals surface area contributed by atoms with Crippen LogP contribution in [0.4, 0.5) is 0 Å². The third-order valence-corrected chi connectivity index (χ3v) is 4.27. The predicted molar refractivity (Wildman–Crippen MR) is 163 cm³/mol. The molecule has 2 heterocycles. The van der Waals surface area contributed by atoms with Crippen molar-refractivity contribution in [1.29, 1.82) is 0 Å². The summed E-state index contributed by atoms with van der Waals surface area (Å²) in [5.74, 6) is 0.446. The minimum Gasteiger partial charge on any atom is -2.00 e. The van der Waals surface area contributed by atoms with Crippen LogP contribution in [0.1, 0.15) is 26.2 Å². The second-order valence-electron chi connectivity index (χ2n) is 6.52. The van der Waals surface area contributed by atoms with Gasteiger partial charge in [-0.2, -0.15) is 38.8 Å². The van der Waals surface area contributed by atoms with Gasteiger partial charge >= 0.3 is 65.1 Å². The topological polar surface area (TPSA) is 109 Å². The molecule has 0 saturated heterocycles. The first-order chi connectivity index (χ1) is 16.0. The van der Waals surface area contributed by atoms with Crippen LogP contribution >= 0.6 is 38.8 Å². The summed E-state index contributed by atoms with van der Waals surface area (Å²) in [6.07, 6.45) is 5.98. The number of aliphatic carboxylic acids is 1. The van der Waals surface area contributed by atoms with Gasteiger partial charge in [0.2, 0.25) is 0 Å². The van der Waals surface area contributed by atoms with Crippen molar-refractivity contribution >= 4 is 80.0 Å². The Morgan fingerprint density at radius 1 is 0.784 bits per heavy atom. The molecule has 198 valence electrons. The van der Waals surface area contributed by atoms with E-state index >= 15 is 0 Å². The second-order valence-corrected chi connectivity index (χ2v) is 7.42. The van der Waals surface area contributed by atoms with Crippen LogP contribution in [0.15, 0.2) is 73.1 Å². The van der Waals surface area contributed by atoms with Gasteiger partial charge in [-0.1, -0.05) is 49.7 Å². The maximum atomic E-state index is 9.76. The minimum absolute atomic E-state index is 0. The first-order valence-electron chi connectivity index (χ1n) is 10.7. The molecule has 37 heavy (non-hydrogen) atoms. The van der Waals surface area contributed by atoms with E-state index in [9.17, 15) is 4.79 Å². The summed E-state index contributed by atoms with van der Waals surface area (Å²) in [5, 5.41) is 26.2. The number of aromatic nitrogens is 2. The van der Waals surface area contributed by atoms with Gasteiger partial charge in [0.25, 0.3) is 0 Å². The Balaban J connectivity index is -0.000000117. The minimum atomic E-state index is -0.693. The third-order valence-electron chi connectivity index (χ3n) is 3.87. The predicted octanol–water partition coefficient (Wildman–Crippen LogP) is -0.468. The van der Waals surface area contributed by atoms with Gasteiger partial charge in [-0.15, -0.1) is 0 Å². The Kier molecular flexibility index (Phi) is 43.7. The van der Waals surface area contributed by atoms with Gasteiger partial charge in [-0.3, -0.25) is 4.79 Å². The number of aliphatic hydroxyl groups is 2. The van der Waals surface area contributed by atoms with Crippen LogP contribution < -0.4 is 59.1 Å². The van der Waals surface area contributed by atoms with Gasteiger partial charge in [0.05, 0.1) is 13.2 Å². The van der Waals surface area contributed by atoms with Gasteiger partial charge in [0.15, 0.2) is 0 Å². The SMILES string of the molecule is CCCCC(=O)O.OCCS.OCCS.S.[Na+].[Na+].[S-2].c1ccc2[nH]ccc2c1.c1ccc2[nH]ccc2c1. The fourth-order valence-corrected chi connectivity index (χ4v) is 2.32. The summed E-state index contributed by atoms with van der Waals surface area (Å²) in [6.45, 7) is 2.34. The zero-order chi connectivity index (χ0) is 24.7. The normalized spacial score (nSPS) is 8.24. The van der Waals surface area contributed by atoms with Gasteiger partial charge in [-0.25, -0.2) is 0 Å². The average Bonchev–Trinajstić information content (AvgIpc) is 3.53. The van der Waals surface area contributed by atoms with Crippen LogP contribution in [0.2, 0.25) is 0 Å². The Morgan fingerprint density at radius 2 is 1.14 bits per heavy atom. The average molecular weight is 605 g/mol. The molecule has 0 atom stereocenters. The van der Waals surface area contributed by atoms with E-state index in [-0.39, 0.29) is 99.3 Å². The van der Waals surface area contributed by atoms with Crippen molar-refractivity contribution in [3.8, 4) is 0 Å². The molecule has 0 spiro atoms. The molecule has 0 amide bonds. The zero-order valence-electron chi connectivity index (χ0n) is 21.9. The van der Waals surface area contributed by atoms with Crippen molar-refractivity contribution in [2.24, 2.45) is 0 Å². The molecule has 0 fully saturated rings. The largest absolute Gasteiger partial charge is 2.00 e. The quantitative estimate of drug-likeness (QED) is 0.124. The number of benzene rings is 2. The van der Waals surface area contributed by atoms with Crippen molar-refractivity contribution in [3.05, 3.63) is 73.1 Å². The molecule has 0 unspecified atom stereocenters. The summed E-state index contributed by atoms with van der Waals surface area (Å²) in [4.78, 5) is 16.0. The number of unbranched alkanes of at least 4 members (excludes halogenated alkanes) is 1. The molecule has 0 saturated carbocycles. The zero-order valence-corrected chi connectivity index (χ0v) is 29.5. The van der Waals surface area contributed by atoms with Crippen LogP contribution in [0.3, 0.4) is 0 Å². The summed E-state index contributed by atoms with van der Waals surface area (Å²) in [7, 11) is 0. The van der Waals surface area contributed by atoms with Gasteiger partial charge in [0, 0.05) is 41.4 Å². The van der Waals surface area contributed by atoms with Crippen molar-refractivity contribution in [2.45, 2.75) is 26.2 Å². The summed E-state index contributed by atoms with van der Waals surface area (Å²) < 4.78 is 0. The number of fused-ring (bicyclic) bond motifs is 2. The van der Waals surface area contributed by atoms with Gasteiger partial charge in [0.1, 0.15) is 0 Å². The maximum Gasteiger partial charge on any atom is 1.00 e. The Hall–Kier alpha value is 0.310. The molecule has 12 heteroatoms. The van der Waals surface area contributed by atoms with Crippen LogP contribution in [0.5, 0.6) is 0 Å². The van der Waals surface area contributed by atoms with Crippen LogP contribution in [-0.2, 0) is 18.3 Å². The number of H-pyrrole nitrogens is 2. The Morgan fingerprint density at radius 3 is 1.38 bits per heavy atom. The number of carboxylic acids is 1. The number of rotatable bonds is 5. The number of aliphatic hydroxyl groups excluding tert-OH is 2. The molecule has 5 N–H and O–H groups in total. The molecule has 0 radical (unpaired) electrons. The summed E-state index contributed by atoms with van der Waals surface area (Å²) >= 11 is 7.34. The van der Waals surface area contributed by atoms with Crippen LogP contribution in [0, 0.1) is 0 Å². The second kappa shape index (κ2) is 34.3. The molecule has 4 aromatic rings. The summed E-state index contributed by atoms with van der Waals surface area (Å²) in [6, 6.07) is 20.6. The number of carboxylic acid groups (broad SMARTS) is 1. The molecule has 2 aromatic carbocycles. The molecule has 0 aliphatic carbocycles. The first kappa shape index (κ1) is 47.1. The van der Waals surface area contributed by atoms with E-state index < -0.39 is 5.97 Å². The molecule has 0 bridgehead atoms. The smallest absolute Gasteiger partial charge is 1.00 e. The molecular weight excluding hydrogens is 567 g/mol. The molecule has 2 aromatic heterocycles. The number of aromatic amines is 2. The fourth-order valence-electron chi connectivity index (χ4n) is 2.32. The Labute approximate surface area is 290 Å². The molecule has 0 aliphatic rings. The third kappa shape index (κ3) is 26.3. The number of carbonyl (C=O) groups is 1. The van der Waals surface area contributed by atoms with Crippen molar-refractivity contribution in [2.75, 3.05) is 24.7 Å². The van der Waals surface area contributed by atoms with E-state index in [2.05, 4.69) is 71.6 Å². The van der Waals surface area contributed by atoms with E-state index in [4.69, 9.17) is 15.3 Å². The summed E-state index contributed by atoms with van der Waals surface area (Å²) in [5.41, 5.74) is 2.41. The van der Waals surface area contributed by atoms with E-state index in [1.165, 1.54) is 21.8 Å². The van der Waals surface area contributed by atoms with Crippen molar-refractivity contribution in [1.82, 2.24) is 9.97 Å². The molecule has 0 aliphatic heterocycles. The Bertz CT molecular complexity index is 857. The number of thiol groups is 2. The van der Waals surface area contributed by atoms with Gasteiger partial charge < -0.3 is 38.8 Å². The van der Waals surface area contributed by atoms with Gasteiger partial charge in [-0.05, 0) is 41.5 Å². The van der Waals surface area contributed by atoms with Crippen molar-refractivity contribution in [3.63, 3.8) is 0 Å². The fraction of sp³-hybridized carbons (Fsp3) is 0.320. The number of para-hydroxylation sites is 2. The van der Waals surface area contributed by atoms with E-state index in [0.29, 0.717) is 17.9 Å². The monoisotopic (exact) mass is 604 g/mol. The maximum absolute atomic E-state index is 9.76. The van der Waals surface area contributed by atoms with E-state index in [1.54, 1.807) is 0 Å². The number of hydrogen-bond acceptors (Lipinski definition) is 5. The molecular formula is C25H38N2Na2O4S4. The molecule has 6 nitrogen and oxygen atoms in total. The standard InChI is InChI=1S/2C8H7N.C5H10O2.2C2H6OS.2Na.H2S.S/c2*1-2-4-8-7(3-1)5-6-9-8;1-2-3-4-5(6)7;2*3-1-2-4;;;;/h2*1-6,9H;2-4H2,1H3,(H,6,7);2*3-4H,1-2H2;;;1H2;/q;;;;;2*+1;;-2. The van der Waals surface area contributed by atoms with Crippen LogP contribution in [0.25, 0.3) is 21.8 Å². The first-order valence-corrected chi connectivity index (χ1v) is 12.0. The van der Waals surface area contributed by atoms with E-state index in [1.807, 2.05) is 43.6 Å². The van der Waals surface area contributed by atoms with Crippen molar-refractivity contribution < 1.29 is 79.2 Å². The molecule has 4 rings (SSSR count).